The Balaban J connectivity index is 3.87. The first-order valence-electron chi connectivity index (χ1n) is 29.0. The zero-order valence-corrected chi connectivity index (χ0v) is 45.0. The predicted octanol–water partition coefficient (Wildman–Crippen LogP) is 19.1. The second-order valence-corrected chi connectivity index (χ2v) is 21.1. The number of carbonyl (C=O) groups is 2. The molecule has 0 spiro atoms. The van der Waals surface area contributed by atoms with Crippen LogP contribution < -0.4 is 0 Å². The Labute approximate surface area is 410 Å². The fraction of sp³-hybridized carbons (Fsp3) is 0.930. The summed E-state index contributed by atoms with van der Waals surface area (Å²) in [6.07, 6.45) is 61.5. The molecule has 0 aromatic rings. The predicted molar refractivity (Wildman–Crippen MR) is 281 cm³/mol. The molecule has 0 amide bonds. The van der Waals surface area contributed by atoms with Crippen LogP contribution in [0.2, 0.25) is 0 Å². The molecule has 0 aliphatic heterocycles. The Morgan fingerprint density at radius 1 is 0.394 bits per heavy atom. The normalized spacial score (nSPS) is 13.1. The van der Waals surface area contributed by atoms with Gasteiger partial charge in [-0.25, -0.2) is 4.57 Å². The van der Waals surface area contributed by atoms with Crippen molar-refractivity contribution < 1.29 is 37.6 Å². The van der Waals surface area contributed by atoms with E-state index in [0.717, 1.165) is 38.5 Å². The number of rotatable bonds is 55. The highest BCUT2D eigenvalue weighted by Gasteiger charge is 2.25. The number of phosphoric ester groups is 1. The minimum Gasteiger partial charge on any atom is -0.462 e. The van der Waals surface area contributed by atoms with Crippen molar-refractivity contribution in [2.75, 3.05) is 19.8 Å². The van der Waals surface area contributed by atoms with E-state index in [2.05, 4.69) is 26.0 Å². The van der Waals surface area contributed by atoms with E-state index in [9.17, 15) is 19.0 Å². The van der Waals surface area contributed by atoms with E-state index in [1.807, 2.05) is 0 Å². The highest BCUT2D eigenvalue weighted by Crippen LogP contribution is 2.43. The Bertz CT molecular complexity index is 1080. The third-order valence-electron chi connectivity index (χ3n) is 13.1. The zero-order chi connectivity index (χ0) is 48.1. The lowest BCUT2D eigenvalue weighted by Gasteiger charge is -2.19. The quantitative estimate of drug-likeness (QED) is 0.0278. The van der Waals surface area contributed by atoms with Gasteiger partial charge in [0.05, 0.1) is 13.2 Å². The van der Waals surface area contributed by atoms with Gasteiger partial charge in [0.2, 0.25) is 0 Å². The average Bonchev–Trinajstić information content (AvgIpc) is 3.30. The van der Waals surface area contributed by atoms with Crippen LogP contribution in [0, 0.1) is 0 Å². The fourth-order valence-electron chi connectivity index (χ4n) is 8.81. The zero-order valence-electron chi connectivity index (χ0n) is 44.1. The molecule has 0 saturated heterocycles. The standard InChI is InChI=1S/C57H111O8P/c1-4-7-9-11-13-15-17-19-21-23-25-27-29-31-33-35-37-39-41-43-45-47-49-51-56(58)62-53-55(54-64-66(60,61)63-6-3)65-57(59)52-50-48-46-44-42-40-38-36-34-32-30-28-26-24-22-20-18-16-14-12-10-8-5-2/h24,26,55H,4-23,25,27-54H2,1-3H3,(H,60,61)/b26-24-. The summed E-state index contributed by atoms with van der Waals surface area (Å²) in [6.45, 7) is 5.56. The topological polar surface area (TPSA) is 108 Å². The molecule has 66 heavy (non-hydrogen) atoms. The molecule has 0 heterocycles. The molecule has 2 atom stereocenters. The second-order valence-electron chi connectivity index (χ2n) is 19.7. The molecule has 0 aromatic carbocycles. The Kier molecular flexibility index (Phi) is 52.2. The van der Waals surface area contributed by atoms with Crippen LogP contribution in [-0.4, -0.2) is 42.8 Å². The van der Waals surface area contributed by atoms with Crippen molar-refractivity contribution in [1.29, 1.82) is 0 Å². The summed E-state index contributed by atoms with van der Waals surface area (Å²) in [4.78, 5) is 35.0. The molecule has 392 valence electrons. The van der Waals surface area contributed by atoms with Crippen molar-refractivity contribution in [3.8, 4) is 0 Å². The SMILES string of the molecule is CCCCCCCCCC/C=C\CCCCCCCCCCCCCC(=O)OC(COC(=O)CCCCCCCCCCCCCCCCCCCCCCCCC)COP(=O)(O)OCC. The van der Waals surface area contributed by atoms with Crippen molar-refractivity contribution >= 4 is 19.8 Å². The van der Waals surface area contributed by atoms with E-state index in [1.54, 1.807) is 6.92 Å². The van der Waals surface area contributed by atoms with Gasteiger partial charge in [-0.2, -0.15) is 0 Å². The summed E-state index contributed by atoms with van der Waals surface area (Å²) < 4.78 is 32.9. The Morgan fingerprint density at radius 3 is 1.00 bits per heavy atom. The van der Waals surface area contributed by atoms with E-state index in [-0.39, 0.29) is 32.2 Å². The molecule has 0 saturated carbocycles. The number of phosphoric acid groups is 1. The number of ether oxygens (including phenoxy) is 2. The van der Waals surface area contributed by atoms with E-state index in [1.165, 1.54) is 244 Å². The van der Waals surface area contributed by atoms with Crippen LogP contribution in [0.4, 0.5) is 0 Å². The molecule has 0 bridgehead atoms. The van der Waals surface area contributed by atoms with Crippen LogP contribution >= 0.6 is 7.82 Å². The molecule has 8 nitrogen and oxygen atoms in total. The number of carbonyl (C=O) groups excluding carboxylic acids is 2. The monoisotopic (exact) mass is 955 g/mol. The van der Waals surface area contributed by atoms with Gasteiger partial charge in [0.25, 0.3) is 0 Å². The Morgan fingerprint density at radius 2 is 0.682 bits per heavy atom. The largest absolute Gasteiger partial charge is 0.472 e. The molecular weight excluding hydrogens is 844 g/mol. The van der Waals surface area contributed by atoms with Crippen LogP contribution in [0.25, 0.3) is 0 Å². The molecule has 0 radical (unpaired) electrons. The molecule has 1 N–H and O–H groups in total. The maximum atomic E-state index is 12.7. The molecule has 9 heteroatoms. The summed E-state index contributed by atoms with van der Waals surface area (Å²) in [5.74, 6) is -0.776. The minimum absolute atomic E-state index is 0.00429. The maximum absolute atomic E-state index is 12.7. The van der Waals surface area contributed by atoms with Crippen LogP contribution in [-0.2, 0) is 32.7 Å². The van der Waals surface area contributed by atoms with Crippen molar-refractivity contribution in [1.82, 2.24) is 0 Å². The lowest BCUT2D eigenvalue weighted by molar-refractivity contribution is -0.161. The highest BCUT2D eigenvalue weighted by atomic mass is 31.2. The van der Waals surface area contributed by atoms with Crippen molar-refractivity contribution in [2.45, 2.75) is 322 Å². The molecular formula is C57H111O8P. The molecule has 0 fully saturated rings. The van der Waals surface area contributed by atoms with Gasteiger partial charge in [0.15, 0.2) is 6.10 Å². The number of hydrogen-bond acceptors (Lipinski definition) is 7. The van der Waals surface area contributed by atoms with Crippen LogP contribution in [0.5, 0.6) is 0 Å². The highest BCUT2D eigenvalue weighted by molar-refractivity contribution is 7.47. The number of esters is 2. The number of allylic oxidation sites excluding steroid dienone is 2. The van der Waals surface area contributed by atoms with E-state index >= 15 is 0 Å². The van der Waals surface area contributed by atoms with Gasteiger partial charge in [0.1, 0.15) is 6.61 Å². The summed E-state index contributed by atoms with van der Waals surface area (Å²) >= 11 is 0. The summed E-state index contributed by atoms with van der Waals surface area (Å²) in [7, 11) is -4.29. The van der Waals surface area contributed by atoms with E-state index in [4.69, 9.17) is 18.5 Å². The third-order valence-corrected chi connectivity index (χ3v) is 14.1. The van der Waals surface area contributed by atoms with Gasteiger partial charge in [-0.3, -0.25) is 18.6 Å². The van der Waals surface area contributed by atoms with Gasteiger partial charge >= 0.3 is 19.8 Å². The van der Waals surface area contributed by atoms with Gasteiger partial charge in [-0.15, -0.1) is 0 Å². The molecule has 2 unspecified atom stereocenters. The Hall–Kier alpha value is -1.21. The van der Waals surface area contributed by atoms with Crippen LogP contribution in [0.3, 0.4) is 0 Å². The lowest BCUT2D eigenvalue weighted by Crippen LogP contribution is -2.29. The smallest absolute Gasteiger partial charge is 0.462 e. The first-order valence-corrected chi connectivity index (χ1v) is 30.5. The van der Waals surface area contributed by atoms with E-state index in [0.29, 0.717) is 6.42 Å². The molecule has 0 rings (SSSR count). The minimum atomic E-state index is -4.29. The molecule has 0 aliphatic carbocycles. The van der Waals surface area contributed by atoms with Gasteiger partial charge in [-0.1, -0.05) is 270 Å². The molecule has 0 aliphatic rings. The van der Waals surface area contributed by atoms with Crippen molar-refractivity contribution in [3.63, 3.8) is 0 Å². The maximum Gasteiger partial charge on any atom is 0.472 e. The molecule has 0 aromatic heterocycles. The van der Waals surface area contributed by atoms with Gasteiger partial charge in [-0.05, 0) is 45.4 Å². The second kappa shape index (κ2) is 53.1. The van der Waals surface area contributed by atoms with Gasteiger partial charge < -0.3 is 14.4 Å². The first kappa shape index (κ1) is 64.8. The first-order chi connectivity index (χ1) is 32.3. The van der Waals surface area contributed by atoms with Gasteiger partial charge in [0, 0.05) is 12.8 Å². The number of unbranched alkanes of at least 4 members (excludes halogenated alkanes) is 41. The van der Waals surface area contributed by atoms with Crippen molar-refractivity contribution in [3.05, 3.63) is 12.2 Å². The lowest BCUT2D eigenvalue weighted by atomic mass is 10.0. The summed E-state index contributed by atoms with van der Waals surface area (Å²) in [5.41, 5.74) is 0. The van der Waals surface area contributed by atoms with E-state index < -0.39 is 19.9 Å². The van der Waals surface area contributed by atoms with Crippen LogP contribution in [0.15, 0.2) is 12.2 Å². The summed E-state index contributed by atoms with van der Waals surface area (Å²) in [5, 5.41) is 0. The summed E-state index contributed by atoms with van der Waals surface area (Å²) in [6, 6.07) is 0. The number of hydrogen-bond donors (Lipinski definition) is 1. The van der Waals surface area contributed by atoms with Crippen LogP contribution in [0.1, 0.15) is 316 Å². The third kappa shape index (κ3) is 52.2. The van der Waals surface area contributed by atoms with Crippen molar-refractivity contribution in [2.24, 2.45) is 0 Å². The fourth-order valence-corrected chi connectivity index (χ4v) is 9.56. The average molecular weight is 955 g/mol.